The molecule has 0 aliphatic heterocycles. The van der Waals surface area contributed by atoms with E-state index < -0.39 is 0 Å². The maximum atomic E-state index is 4.47. The van der Waals surface area contributed by atoms with Crippen LogP contribution >= 0.6 is 0 Å². The van der Waals surface area contributed by atoms with E-state index >= 15 is 0 Å². The van der Waals surface area contributed by atoms with Gasteiger partial charge >= 0.3 is 0 Å². The lowest BCUT2D eigenvalue weighted by Crippen LogP contribution is -1.93. The quantitative estimate of drug-likeness (QED) is 0.678. The Kier molecular flexibility index (Phi) is 2.77. The van der Waals surface area contributed by atoms with Crippen LogP contribution in [0.2, 0.25) is 0 Å². The lowest BCUT2D eigenvalue weighted by atomic mass is 10.0. The normalized spacial score (nSPS) is 10.7. The second-order valence-electron chi connectivity index (χ2n) is 4.48. The third-order valence-corrected chi connectivity index (χ3v) is 3.08. The number of hydrogen-bond donors (Lipinski definition) is 0. The van der Waals surface area contributed by atoms with Gasteiger partial charge in [-0.1, -0.05) is 30.3 Å². The number of fused-ring (bicyclic) bond motifs is 1. The topological polar surface area (TPSA) is 25.8 Å². The molecule has 0 aliphatic carbocycles. The summed E-state index contributed by atoms with van der Waals surface area (Å²) in [6, 6.07) is 14.6. The number of benzene rings is 1. The van der Waals surface area contributed by atoms with Crippen molar-refractivity contribution in [3.8, 4) is 0 Å². The van der Waals surface area contributed by atoms with Crippen molar-refractivity contribution in [1.29, 1.82) is 0 Å². The third kappa shape index (κ3) is 2.09. The third-order valence-electron chi connectivity index (χ3n) is 3.08. The molecule has 3 aromatic rings. The van der Waals surface area contributed by atoms with Gasteiger partial charge in [0.1, 0.15) is 0 Å². The molecule has 0 saturated heterocycles. The van der Waals surface area contributed by atoms with Crippen LogP contribution in [0.5, 0.6) is 0 Å². The molecule has 0 unspecified atom stereocenters. The minimum Gasteiger partial charge on any atom is -0.261 e. The largest absolute Gasteiger partial charge is 0.261 e. The van der Waals surface area contributed by atoms with Gasteiger partial charge in [0.25, 0.3) is 0 Å². The molecule has 1 aromatic carbocycles. The number of pyridine rings is 2. The number of aromatic nitrogens is 2. The number of para-hydroxylation sites is 1. The zero-order chi connectivity index (χ0) is 12.4. The predicted molar refractivity (Wildman–Crippen MR) is 73.5 cm³/mol. The summed E-state index contributed by atoms with van der Waals surface area (Å²) in [5.41, 5.74) is 4.60. The van der Waals surface area contributed by atoms with Crippen LogP contribution in [0.25, 0.3) is 10.9 Å². The van der Waals surface area contributed by atoms with Crippen molar-refractivity contribution in [3.63, 3.8) is 0 Å². The van der Waals surface area contributed by atoms with Crippen LogP contribution in [-0.4, -0.2) is 9.97 Å². The van der Waals surface area contributed by atoms with Gasteiger partial charge in [-0.3, -0.25) is 9.97 Å². The van der Waals surface area contributed by atoms with E-state index in [1.165, 1.54) is 16.5 Å². The second kappa shape index (κ2) is 4.57. The summed E-state index contributed by atoms with van der Waals surface area (Å²) in [5, 5.41) is 1.19. The van der Waals surface area contributed by atoms with Gasteiger partial charge in [0.2, 0.25) is 0 Å². The van der Waals surface area contributed by atoms with Crippen molar-refractivity contribution in [2.75, 3.05) is 0 Å². The lowest BCUT2D eigenvalue weighted by Gasteiger charge is -2.05. The van der Waals surface area contributed by atoms with E-state index in [4.69, 9.17) is 0 Å². The van der Waals surface area contributed by atoms with Crippen molar-refractivity contribution in [2.24, 2.45) is 0 Å². The monoisotopic (exact) mass is 234 g/mol. The zero-order valence-corrected chi connectivity index (χ0v) is 10.3. The van der Waals surface area contributed by atoms with Crippen LogP contribution in [0.3, 0.4) is 0 Å². The molecule has 0 radical (unpaired) electrons. The van der Waals surface area contributed by atoms with Gasteiger partial charge < -0.3 is 0 Å². The Morgan fingerprint density at radius 2 is 1.83 bits per heavy atom. The molecular weight excluding hydrogens is 220 g/mol. The molecule has 0 atom stereocenters. The van der Waals surface area contributed by atoms with E-state index in [1.54, 1.807) is 0 Å². The van der Waals surface area contributed by atoms with Crippen molar-refractivity contribution < 1.29 is 0 Å². The Morgan fingerprint density at radius 1 is 0.944 bits per heavy atom. The number of hydrogen-bond acceptors (Lipinski definition) is 2. The molecule has 2 nitrogen and oxygen atoms in total. The van der Waals surface area contributed by atoms with Crippen molar-refractivity contribution in [2.45, 2.75) is 13.3 Å². The van der Waals surface area contributed by atoms with Crippen molar-refractivity contribution >= 4 is 10.9 Å². The van der Waals surface area contributed by atoms with Gasteiger partial charge in [-0.25, -0.2) is 0 Å². The fraction of sp³-hybridized carbons (Fsp3) is 0.125. The highest BCUT2D eigenvalue weighted by Gasteiger charge is 2.03. The first-order chi connectivity index (χ1) is 8.83. The van der Waals surface area contributed by atoms with Crippen LogP contribution < -0.4 is 0 Å². The first-order valence-electron chi connectivity index (χ1n) is 6.07. The molecule has 2 heterocycles. The lowest BCUT2D eigenvalue weighted by molar-refractivity contribution is 1.11. The van der Waals surface area contributed by atoms with Gasteiger partial charge in [0, 0.05) is 29.9 Å². The van der Waals surface area contributed by atoms with Crippen molar-refractivity contribution in [3.05, 3.63) is 71.7 Å². The van der Waals surface area contributed by atoms with Gasteiger partial charge in [0.05, 0.1) is 5.52 Å². The Bertz CT molecular complexity index is 667. The second-order valence-corrected chi connectivity index (χ2v) is 4.48. The average Bonchev–Trinajstić information content (AvgIpc) is 2.42. The summed E-state index contributed by atoms with van der Waals surface area (Å²) in [7, 11) is 0. The molecular formula is C16H14N2. The van der Waals surface area contributed by atoms with Gasteiger partial charge in [-0.05, 0) is 30.2 Å². The van der Waals surface area contributed by atoms with Gasteiger partial charge in [-0.15, -0.1) is 0 Å². The van der Waals surface area contributed by atoms with Crippen LogP contribution in [0.1, 0.15) is 16.8 Å². The van der Waals surface area contributed by atoms with E-state index in [0.29, 0.717) is 0 Å². The average molecular weight is 234 g/mol. The number of nitrogens with zero attached hydrogens (tertiary/aromatic N) is 2. The molecule has 3 rings (SSSR count). The van der Waals surface area contributed by atoms with E-state index in [1.807, 2.05) is 31.5 Å². The molecule has 0 saturated carbocycles. The molecule has 18 heavy (non-hydrogen) atoms. The van der Waals surface area contributed by atoms with Crippen LogP contribution in [0.4, 0.5) is 0 Å². The van der Waals surface area contributed by atoms with Gasteiger partial charge in [0.15, 0.2) is 0 Å². The summed E-state index contributed by atoms with van der Waals surface area (Å²) in [6.07, 6.45) is 4.66. The first-order valence-corrected chi connectivity index (χ1v) is 6.07. The minimum absolute atomic E-state index is 0.877. The van der Waals surface area contributed by atoms with E-state index in [2.05, 4.69) is 40.3 Å². The molecule has 2 aromatic heterocycles. The highest BCUT2D eigenvalue weighted by atomic mass is 14.7. The molecule has 0 fully saturated rings. The predicted octanol–water partition coefficient (Wildman–Crippen LogP) is 3.53. The molecule has 0 N–H and O–H groups in total. The molecule has 0 amide bonds. The Labute approximate surface area is 106 Å². The molecule has 0 bridgehead atoms. The van der Waals surface area contributed by atoms with Crippen LogP contribution in [0.15, 0.2) is 54.9 Å². The minimum atomic E-state index is 0.877. The fourth-order valence-electron chi connectivity index (χ4n) is 2.13. The first kappa shape index (κ1) is 10.9. The standard InChI is InChI=1S/C16H14N2/c1-12-7-8-13(11-18-12)10-15-5-2-4-14-6-3-9-17-16(14)15/h2-9,11H,10H2,1H3. The number of rotatable bonds is 2. The fourth-order valence-corrected chi connectivity index (χ4v) is 2.13. The Hall–Kier alpha value is -2.22. The van der Waals surface area contributed by atoms with E-state index in [0.717, 1.165) is 17.6 Å². The summed E-state index contributed by atoms with van der Waals surface area (Å²) in [5.74, 6) is 0. The molecule has 0 aliphatic rings. The Balaban J connectivity index is 2.02. The van der Waals surface area contributed by atoms with E-state index in [9.17, 15) is 0 Å². The zero-order valence-electron chi connectivity index (χ0n) is 10.3. The molecule has 88 valence electrons. The SMILES string of the molecule is Cc1ccc(Cc2cccc3cccnc23)cn1. The van der Waals surface area contributed by atoms with Crippen molar-refractivity contribution in [1.82, 2.24) is 9.97 Å². The number of aryl methyl sites for hydroxylation is 1. The molecule has 0 spiro atoms. The summed E-state index contributed by atoms with van der Waals surface area (Å²) in [6.45, 7) is 2.00. The molecule has 2 heteroatoms. The highest BCUT2D eigenvalue weighted by molar-refractivity contribution is 5.81. The Morgan fingerprint density at radius 3 is 2.67 bits per heavy atom. The summed E-state index contributed by atoms with van der Waals surface area (Å²) >= 11 is 0. The highest BCUT2D eigenvalue weighted by Crippen LogP contribution is 2.18. The van der Waals surface area contributed by atoms with Gasteiger partial charge in [-0.2, -0.15) is 0 Å². The maximum absolute atomic E-state index is 4.47. The van der Waals surface area contributed by atoms with Crippen LogP contribution in [-0.2, 0) is 6.42 Å². The summed E-state index contributed by atoms with van der Waals surface area (Å²) in [4.78, 5) is 8.81. The maximum Gasteiger partial charge on any atom is 0.0737 e. The summed E-state index contributed by atoms with van der Waals surface area (Å²) < 4.78 is 0. The van der Waals surface area contributed by atoms with Crippen LogP contribution in [0, 0.1) is 6.92 Å². The smallest absolute Gasteiger partial charge is 0.0737 e. The van der Waals surface area contributed by atoms with E-state index in [-0.39, 0.29) is 0 Å².